The Morgan fingerprint density at radius 2 is 1.94 bits per heavy atom. The van der Waals surface area contributed by atoms with Crippen molar-refractivity contribution < 1.29 is 14.3 Å². The van der Waals surface area contributed by atoms with Crippen molar-refractivity contribution in [1.82, 2.24) is 0 Å². The number of methoxy groups -OCH3 is 2. The standard InChI is InChI=1S/C11H12ClNO3/c1-15-10-5-8(3-4-12)9(13-7-14)6-11(10)16-2/h5-6H,3-4H2,1-2H3. The predicted octanol–water partition coefficient (Wildman–Crippen LogP) is 2.45. The van der Waals surface area contributed by atoms with Crippen LogP contribution in [0.25, 0.3) is 0 Å². The molecule has 86 valence electrons. The Morgan fingerprint density at radius 3 is 2.44 bits per heavy atom. The lowest BCUT2D eigenvalue weighted by Gasteiger charge is -2.11. The summed E-state index contributed by atoms with van der Waals surface area (Å²) in [4.78, 5) is 13.9. The van der Waals surface area contributed by atoms with Crippen LogP contribution in [0.1, 0.15) is 5.56 Å². The van der Waals surface area contributed by atoms with E-state index in [1.54, 1.807) is 19.2 Å². The van der Waals surface area contributed by atoms with Crippen molar-refractivity contribution in [3.8, 4) is 11.5 Å². The Kier molecular flexibility index (Phi) is 4.83. The van der Waals surface area contributed by atoms with Crippen LogP contribution >= 0.6 is 11.6 Å². The second-order valence-corrected chi connectivity index (χ2v) is 3.36. The van der Waals surface area contributed by atoms with Gasteiger partial charge < -0.3 is 9.47 Å². The maximum atomic E-state index is 10.3. The zero-order chi connectivity index (χ0) is 12.0. The zero-order valence-corrected chi connectivity index (χ0v) is 9.87. The minimum atomic E-state index is 0.441. The van der Waals surface area contributed by atoms with Crippen LogP contribution in [-0.4, -0.2) is 26.2 Å². The quantitative estimate of drug-likeness (QED) is 0.452. The average Bonchev–Trinajstić information content (AvgIpc) is 2.31. The molecule has 16 heavy (non-hydrogen) atoms. The second-order valence-electron chi connectivity index (χ2n) is 2.98. The molecule has 5 heteroatoms. The summed E-state index contributed by atoms with van der Waals surface area (Å²) in [6.07, 6.45) is 2.11. The van der Waals surface area contributed by atoms with Crippen molar-refractivity contribution >= 4 is 23.4 Å². The number of carbonyl (C=O) groups excluding carboxylic acids is 1. The lowest BCUT2D eigenvalue weighted by molar-refractivity contribution is 0.354. The Labute approximate surface area is 98.8 Å². The minimum Gasteiger partial charge on any atom is -0.493 e. The van der Waals surface area contributed by atoms with Gasteiger partial charge in [-0.15, -0.1) is 11.6 Å². The number of hydrogen-bond donors (Lipinski definition) is 0. The number of aliphatic imine (C=N–C) groups is 1. The lowest BCUT2D eigenvalue weighted by Crippen LogP contribution is -1.94. The first-order chi connectivity index (χ1) is 7.76. The van der Waals surface area contributed by atoms with Gasteiger partial charge in [-0.2, -0.15) is 4.99 Å². The molecular formula is C11H12ClNO3. The van der Waals surface area contributed by atoms with Gasteiger partial charge in [-0.25, -0.2) is 4.79 Å². The van der Waals surface area contributed by atoms with Crippen LogP contribution in [0.15, 0.2) is 17.1 Å². The van der Waals surface area contributed by atoms with Crippen molar-refractivity contribution in [2.75, 3.05) is 20.1 Å². The van der Waals surface area contributed by atoms with Crippen LogP contribution in [0.4, 0.5) is 5.69 Å². The van der Waals surface area contributed by atoms with Gasteiger partial charge in [0.15, 0.2) is 11.5 Å². The van der Waals surface area contributed by atoms with E-state index >= 15 is 0 Å². The fraction of sp³-hybridized carbons (Fsp3) is 0.364. The molecule has 0 bridgehead atoms. The molecule has 0 unspecified atom stereocenters. The summed E-state index contributed by atoms with van der Waals surface area (Å²) in [6, 6.07) is 3.39. The van der Waals surface area contributed by atoms with Gasteiger partial charge >= 0.3 is 0 Å². The molecule has 1 rings (SSSR count). The molecule has 0 saturated heterocycles. The molecule has 1 aromatic rings. The summed E-state index contributed by atoms with van der Waals surface area (Å²) in [5, 5.41) is 0. The van der Waals surface area contributed by atoms with E-state index in [-0.39, 0.29) is 0 Å². The average molecular weight is 242 g/mol. The molecule has 0 aliphatic rings. The van der Waals surface area contributed by atoms with Gasteiger partial charge in [-0.05, 0) is 18.1 Å². The van der Waals surface area contributed by atoms with Crippen molar-refractivity contribution in [2.24, 2.45) is 4.99 Å². The van der Waals surface area contributed by atoms with Crippen molar-refractivity contribution in [3.05, 3.63) is 17.7 Å². The Bertz CT molecular complexity index is 414. The number of alkyl halides is 1. The van der Waals surface area contributed by atoms with Crippen LogP contribution in [0, 0.1) is 0 Å². The third-order valence-corrected chi connectivity index (χ3v) is 2.30. The number of rotatable bonds is 5. The van der Waals surface area contributed by atoms with E-state index in [1.807, 2.05) is 0 Å². The molecule has 0 fully saturated rings. The normalized spacial score (nSPS) is 9.44. The largest absolute Gasteiger partial charge is 0.493 e. The molecule has 0 amide bonds. The van der Waals surface area contributed by atoms with E-state index in [4.69, 9.17) is 21.1 Å². The van der Waals surface area contributed by atoms with E-state index in [0.717, 1.165) is 5.56 Å². The molecule has 0 aliphatic heterocycles. The van der Waals surface area contributed by atoms with Crippen molar-refractivity contribution in [3.63, 3.8) is 0 Å². The zero-order valence-electron chi connectivity index (χ0n) is 9.12. The van der Waals surface area contributed by atoms with Gasteiger partial charge in [0, 0.05) is 11.9 Å². The lowest BCUT2D eigenvalue weighted by atomic mass is 10.1. The van der Waals surface area contributed by atoms with Gasteiger partial charge in [-0.1, -0.05) is 0 Å². The van der Waals surface area contributed by atoms with E-state index in [2.05, 4.69) is 4.99 Å². The Balaban J connectivity index is 3.28. The number of benzene rings is 1. The van der Waals surface area contributed by atoms with E-state index in [9.17, 15) is 4.79 Å². The number of hydrogen-bond acceptors (Lipinski definition) is 4. The van der Waals surface area contributed by atoms with Crippen LogP contribution in [0.2, 0.25) is 0 Å². The first-order valence-electron chi connectivity index (χ1n) is 4.65. The molecule has 0 heterocycles. The van der Waals surface area contributed by atoms with Crippen LogP contribution < -0.4 is 9.47 Å². The number of halogens is 1. The highest BCUT2D eigenvalue weighted by Gasteiger charge is 2.10. The fourth-order valence-electron chi connectivity index (χ4n) is 1.37. The maximum Gasteiger partial charge on any atom is 0.240 e. The predicted molar refractivity (Wildman–Crippen MR) is 61.8 cm³/mol. The van der Waals surface area contributed by atoms with Crippen LogP contribution in [-0.2, 0) is 11.2 Å². The number of ether oxygens (including phenoxy) is 2. The third kappa shape index (κ3) is 2.75. The highest BCUT2D eigenvalue weighted by molar-refractivity contribution is 6.18. The van der Waals surface area contributed by atoms with E-state index in [0.29, 0.717) is 29.5 Å². The Morgan fingerprint density at radius 1 is 1.31 bits per heavy atom. The number of aryl methyl sites for hydroxylation is 1. The molecule has 0 spiro atoms. The van der Waals surface area contributed by atoms with Gasteiger partial charge in [0.25, 0.3) is 0 Å². The summed E-state index contributed by atoms with van der Waals surface area (Å²) < 4.78 is 10.3. The third-order valence-electron chi connectivity index (χ3n) is 2.11. The van der Waals surface area contributed by atoms with Crippen LogP contribution in [0.5, 0.6) is 11.5 Å². The molecule has 4 nitrogen and oxygen atoms in total. The molecular weight excluding hydrogens is 230 g/mol. The monoisotopic (exact) mass is 241 g/mol. The number of nitrogens with zero attached hydrogens (tertiary/aromatic N) is 1. The van der Waals surface area contributed by atoms with E-state index in [1.165, 1.54) is 13.2 Å². The highest BCUT2D eigenvalue weighted by Crippen LogP contribution is 2.34. The van der Waals surface area contributed by atoms with Gasteiger partial charge in [-0.3, -0.25) is 0 Å². The maximum absolute atomic E-state index is 10.3. The molecule has 0 atom stereocenters. The first-order valence-corrected chi connectivity index (χ1v) is 5.19. The van der Waals surface area contributed by atoms with Gasteiger partial charge in [0.05, 0.1) is 19.9 Å². The second kappa shape index (κ2) is 6.16. The molecule has 1 aromatic carbocycles. The summed E-state index contributed by atoms with van der Waals surface area (Å²) in [5.41, 5.74) is 1.34. The van der Waals surface area contributed by atoms with Crippen molar-refractivity contribution in [1.29, 1.82) is 0 Å². The molecule has 0 aliphatic carbocycles. The number of isocyanates is 1. The van der Waals surface area contributed by atoms with Crippen LogP contribution in [0.3, 0.4) is 0 Å². The smallest absolute Gasteiger partial charge is 0.240 e. The summed E-state index contributed by atoms with van der Waals surface area (Å²) in [7, 11) is 3.07. The van der Waals surface area contributed by atoms with Gasteiger partial charge in [0.1, 0.15) is 0 Å². The van der Waals surface area contributed by atoms with Crippen molar-refractivity contribution in [2.45, 2.75) is 6.42 Å². The summed E-state index contributed by atoms with van der Waals surface area (Å²) >= 11 is 5.67. The molecule has 0 saturated carbocycles. The minimum absolute atomic E-state index is 0.441. The SMILES string of the molecule is COc1cc(CCCl)c(N=C=O)cc1OC. The molecule has 0 radical (unpaired) electrons. The van der Waals surface area contributed by atoms with E-state index < -0.39 is 0 Å². The first kappa shape index (κ1) is 12.6. The molecule has 0 aromatic heterocycles. The van der Waals surface area contributed by atoms with Gasteiger partial charge in [0.2, 0.25) is 6.08 Å². The Hall–Kier alpha value is -1.51. The molecule has 0 N–H and O–H groups in total. The summed E-state index contributed by atoms with van der Waals surface area (Å²) in [6.45, 7) is 0. The highest BCUT2D eigenvalue weighted by atomic mass is 35.5. The topological polar surface area (TPSA) is 47.9 Å². The fourth-order valence-corrected chi connectivity index (χ4v) is 1.57. The summed E-state index contributed by atoms with van der Waals surface area (Å²) in [5.74, 6) is 1.55.